The lowest BCUT2D eigenvalue weighted by Crippen LogP contribution is -2.34. The zero-order chi connectivity index (χ0) is 15.7. The second-order valence-electron chi connectivity index (χ2n) is 5.62. The number of hydrogen-bond acceptors (Lipinski definition) is 3. The van der Waals surface area contributed by atoms with Gasteiger partial charge in [0.25, 0.3) is 11.5 Å². The Morgan fingerprint density at radius 2 is 2.00 bits per heavy atom. The van der Waals surface area contributed by atoms with Crippen molar-refractivity contribution in [2.45, 2.75) is 25.3 Å². The smallest absolute Gasteiger partial charge is 0.306 e. The van der Waals surface area contributed by atoms with E-state index in [-0.39, 0.29) is 23.2 Å². The van der Waals surface area contributed by atoms with Crippen LogP contribution in [0, 0.1) is 5.92 Å². The van der Waals surface area contributed by atoms with E-state index in [9.17, 15) is 14.4 Å². The molecule has 6 nitrogen and oxygen atoms in total. The highest BCUT2D eigenvalue weighted by molar-refractivity contribution is 5.96. The van der Waals surface area contributed by atoms with Crippen molar-refractivity contribution in [3.8, 4) is 0 Å². The highest BCUT2D eigenvalue weighted by Crippen LogP contribution is 2.25. The van der Waals surface area contributed by atoms with Gasteiger partial charge in [-0.3, -0.25) is 14.4 Å². The second-order valence-corrected chi connectivity index (χ2v) is 5.62. The zero-order valence-corrected chi connectivity index (χ0v) is 11.8. The highest BCUT2D eigenvalue weighted by atomic mass is 16.4. The zero-order valence-electron chi connectivity index (χ0n) is 11.8. The van der Waals surface area contributed by atoms with E-state index in [2.05, 4.69) is 10.3 Å². The van der Waals surface area contributed by atoms with Crippen molar-refractivity contribution in [2.75, 3.05) is 0 Å². The van der Waals surface area contributed by atoms with Crippen molar-refractivity contribution in [2.24, 2.45) is 5.92 Å². The SMILES string of the molecule is O=C(N[C@@H]1CC[C@H](C(=O)O)C1)c1cc2ccccc2c(=O)[nH]1. The van der Waals surface area contributed by atoms with E-state index in [4.69, 9.17) is 5.11 Å². The Bertz CT molecular complexity index is 796. The van der Waals surface area contributed by atoms with Crippen LogP contribution in [0.2, 0.25) is 0 Å². The van der Waals surface area contributed by atoms with Gasteiger partial charge in [0.2, 0.25) is 0 Å². The standard InChI is InChI=1S/C16H16N2O4/c19-14-12-4-2-1-3-9(12)8-13(18-14)15(20)17-11-6-5-10(7-11)16(21)22/h1-4,8,10-11H,5-7H2,(H,17,20)(H,18,19)(H,21,22)/t10-,11+/m0/s1. The lowest BCUT2D eigenvalue weighted by atomic mass is 10.1. The fourth-order valence-corrected chi connectivity index (χ4v) is 2.93. The first-order valence-corrected chi connectivity index (χ1v) is 7.20. The quantitative estimate of drug-likeness (QED) is 0.800. The summed E-state index contributed by atoms with van der Waals surface area (Å²) in [7, 11) is 0. The van der Waals surface area contributed by atoms with Crippen molar-refractivity contribution in [1.29, 1.82) is 0 Å². The molecule has 1 aromatic carbocycles. The van der Waals surface area contributed by atoms with Gasteiger partial charge in [0, 0.05) is 11.4 Å². The van der Waals surface area contributed by atoms with Gasteiger partial charge >= 0.3 is 5.97 Å². The normalized spacial score (nSPS) is 20.9. The van der Waals surface area contributed by atoms with Gasteiger partial charge < -0.3 is 15.4 Å². The molecule has 2 atom stereocenters. The Hall–Kier alpha value is -2.63. The maximum Gasteiger partial charge on any atom is 0.306 e. The van der Waals surface area contributed by atoms with Crippen molar-refractivity contribution in [3.63, 3.8) is 0 Å². The van der Waals surface area contributed by atoms with E-state index < -0.39 is 11.9 Å². The Morgan fingerprint density at radius 1 is 1.23 bits per heavy atom. The molecule has 1 aromatic heterocycles. The molecule has 0 saturated heterocycles. The van der Waals surface area contributed by atoms with Crippen LogP contribution in [0.1, 0.15) is 29.8 Å². The van der Waals surface area contributed by atoms with Gasteiger partial charge in [-0.05, 0) is 36.8 Å². The van der Waals surface area contributed by atoms with Crippen molar-refractivity contribution < 1.29 is 14.7 Å². The summed E-state index contributed by atoms with van der Waals surface area (Å²) >= 11 is 0. The predicted molar refractivity (Wildman–Crippen MR) is 80.8 cm³/mol. The predicted octanol–water partition coefficient (Wildman–Crippen LogP) is 1.51. The van der Waals surface area contributed by atoms with Crippen LogP contribution >= 0.6 is 0 Å². The molecule has 0 unspecified atom stereocenters. The number of fused-ring (bicyclic) bond motifs is 1. The number of rotatable bonds is 3. The molecule has 114 valence electrons. The van der Waals surface area contributed by atoms with E-state index in [1.54, 1.807) is 30.3 Å². The largest absolute Gasteiger partial charge is 0.481 e. The summed E-state index contributed by atoms with van der Waals surface area (Å²) in [4.78, 5) is 37.7. The monoisotopic (exact) mass is 300 g/mol. The molecule has 1 saturated carbocycles. The van der Waals surface area contributed by atoms with Gasteiger partial charge in [0.15, 0.2) is 0 Å². The van der Waals surface area contributed by atoms with E-state index in [1.807, 2.05) is 0 Å². The molecule has 1 amide bonds. The Morgan fingerprint density at radius 3 is 2.73 bits per heavy atom. The third-order valence-corrected chi connectivity index (χ3v) is 4.12. The first-order valence-electron chi connectivity index (χ1n) is 7.20. The number of aromatic amines is 1. The number of amides is 1. The minimum absolute atomic E-state index is 0.163. The van der Waals surface area contributed by atoms with Gasteiger partial charge in [-0.1, -0.05) is 18.2 Å². The van der Waals surface area contributed by atoms with E-state index in [0.29, 0.717) is 30.0 Å². The number of pyridine rings is 1. The summed E-state index contributed by atoms with van der Waals surface area (Å²) in [5, 5.41) is 13.0. The third-order valence-electron chi connectivity index (χ3n) is 4.12. The molecule has 1 heterocycles. The summed E-state index contributed by atoms with van der Waals surface area (Å²) in [6.45, 7) is 0. The molecule has 6 heteroatoms. The molecule has 22 heavy (non-hydrogen) atoms. The lowest BCUT2D eigenvalue weighted by Gasteiger charge is -2.12. The minimum atomic E-state index is -0.823. The fraction of sp³-hybridized carbons (Fsp3) is 0.312. The summed E-state index contributed by atoms with van der Waals surface area (Å²) in [5.41, 5.74) is -0.111. The molecular weight excluding hydrogens is 284 g/mol. The first kappa shape index (κ1) is 14.3. The molecular formula is C16H16N2O4. The number of carbonyl (C=O) groups is 2. The number of carbonyl (C=O) groups excluding carboxylic acids is 1. The third kappa shape index (κ3) is 2.72. The molecule has 1 aliphatic carbocycles. The van der Waals surface area contributed by atoms with Gasteiger partial charge in [0.1, 0.15) is 5.69 Å². The molecule has 1 fully saturated rings. The van der Waals surface area contributed by atoms with Crippen LogP contribution in [0.4, 0.5) is 0 Å². The number of carboxylic acid groups (broad SMARTS) is 1. The molecule has 1 aliphatic rings. The number of aliphatic carboxylic acids is 1. The summed E-state index contributed by atoms with van der Waals surface area (Å²) in [6, 6.07) is 8.51. The molecule has 2 aromatic rings. The van der Waals surface area contributed by atoms with Crippen LogP contribution < -0.4 is 10.9 Å². The molecule has 0 aliphatic heterocycles. The Kier molecular flexibility index (Phi) is 3.66. The van der Waals surface area contributed by atoms with E-state index in [1.165, 1.54) is 0 Å². The highest BCUT2D eigenvalue weighted by Gasteiger charge is 2.30. The number of hydrogen-bond donors (Lipinski definition) is 3. The van der Waals surface area contributed by atoms with Gasteiger partial charge in [-0.15, -0.1) is 0 Å². The van der Waals surface area contributed by atoms with Crippen LogP contribution in [-0.2, 0) is 4.79 Å². The molecule has 0 bridgehead atoms. The fourth-order valence-electron chi connectivity index (χ4n) is 2.93. The molecule has 3 N–H and O–H groups in total. The summed E-state index contributed by atoms with van der Waals surface area (Å²) < 4.78 is 0. The van der Waals surface area contributed by atoms with Crippen molar-refractivity contribution in [1.82, 2.24) is 10.3 Å². The lowest BCUT2D eigenvalue weighted by molar-refractivity contribution is -0.141. The number of H-pyrrole nitrogens is 1. The van der Waals surface area contributed by atoms with E-state index in [0.717, 1.165) is 0 Å². The number of benzene rings is 1. The summed E-state index contributed by atoms with van der Waals surface area (Å²) in [5.74, 6) is -1.60. The van der Waals surface area contributed by atoms with E-state index >= 15 is 0 Å². The number of carboxylic acids is 1. The Labute approximate surface area is 126 Å². The maximum atomic E-state index is 12.2. The van der Waals surface area contributed by atoms with Crippen LogP contribution in [0.3, 0.4) is 0 Å². The number of nitrogens with one attached hydrogen (secondary N) is 2. The second kappa shape index (κ2) is 5.63. The van der Waals surface area contributed by atoms with Gasteiger partial charge in [-0.2, -0.15) is 0 Å². The molecule has 0 spiro atoms. The average molecular weight is 300 g/mol. The van der Waals surface area contributed by atoms with Gasteiger partial charge in [-0.25, -0.2) is 0 Å². The molecule has 3 rings (SSSR count). The van der Waals surface area contributed by atoms with Crippen LogP contribution in [0.15, 0.2) is 35.1 Å². The maximum absolute atomic E-state index is 12.2. The Balaban J connectivity index is 1.78. The van der Waals surface area contributed by atoms with Crippen molar-refractivity contribution >= 4 is 22.6 Å². The number of aromatic nitrogens is 1. The first-order chi connectivity index (χ1) is 10.5. The van der Waals surface area contributed by atoms with Crippen LogP contribution in [0.5, 0.6) is 0 Å². The van der Waals surface area contributed by atoms with Crippen LogP contribution in [-0.4, -0.2) is 28.0 Å². The topological polar surface area (TPSA) is 99.3 Å². The van der Waals surface area contributed by atoms with Gasteiger partial charge in [0.05, 0.1) is 5.92 Å². The average Bonchev–Trinajstić information content (AvgIpc) is 2.96. The minimum Gasteiger partial charge on any atom is -0.481 e. The van der Waals surface area contributed by atoms with Crippen LogP contribution in [0.25, 0.3) is 10.8 Å². The molecule has 0 radical (unpaired) electrons. The summed E-state index contributed by atoms with van der Waals surface area (Å²) in [6.07, 6.45) is 1.63. The van der Waals surface area contributed by atoms with Crippen molar-refractivity contribution in [3.05, 3.63) is 46.4 Å².